The number of likely N-dealkylation sites (tertiary alicyclic amines) is 1. The first kappa shape index (κ1) is 21.3. The number of fused-ring (bicyclic) bond motifs is 1. The number of hydrogen-bond acceptors (Lipinski definition) is 5. The average Bonchev–Trinajstić information content (AvgIpc) is 3.61. The molecule has 1 spiro atoms. The van der Waals surface area contributed by atoms with Crippen molar-refractivity contribution in [2.45, 2.75) is 25.3 Å². The van der Waals surface area contributed by atoms with Gasteiger partial charge in [0, 0.05) is 30.3 Å². The maximum absolute atomic E-state index is 13.2. The fourth-order valence-electron chi connectivity index (χ4n) is 5.56. The van der Waals surface area contributed by atoms with Gasteiger partial charge < -0.3 is 13.9 Å². The molecule has 2 aromatic heterocycles. The zero-order chi connectivity index (χ0) is 24.0. The molecule has 1 N–H and O–H groups in total. The fraction of sp³-hybridized carbons (Fsp3) is 0.259. The van der Waals surface area contributed by atoms with Gasteiger partial charge in [0.1, 0.15) is 0 Å². The van der Waals surface area contributed by atoms with E-state index in [1.54, 1.807) is 18.3 Å². The summed E-state index contributed by atoms with van der Waals surface area (Å²) in [6, 6.07) is 15.4. The minimum atomic E-state index is -0.236. The number of carbonyl (C=O) groups is 2. The van der Waals surface area contributed by atoms with E-state index in [4.69, 9.17) is 9.40 Å². The molecular formula is C27H25N5O3. The lowest BCUT2D eigenvalue weighted by molar-refractivity contribution is -0.125. The van der Waals surface area contributed by atoms with Crippen LogP contribution in [0.3, 0.4) is 0 Å². The number of rotatable bonds is 5. The molecule has 176 valence electrons. The Morgan fingerprint density at radius 3 is 2.83 bits per heavy atom. The van der Waals surface area contributed by atoms with Gasteiger partial charge in [-0.25, -0.2) is 9.97 Å². The summed E-state index contributed by atoms with van der Waals surface area (Å²) < 4.78 is 7.52. The molecule has 8 nitrogen and oxygen atoms in total. The highest BCUT2D eigenvalue weighted by Gasteiger charge is 2.50. The van der Waals surface area contributed by atoms with E-state index >= 15 is 0 Å². The van der Waals surface area contributed by atoms with E-state index < -0.39 is 0 Å². The highest BCUT2D eigenvalue weighted by atomic mass is 16.3. The Morgan fingerprint density at radius 2 is 2.03 bits per heavy atom. The topological polar surface area (TPSA) is 93.3 Å². The first-order valence-corrected chi connectivity index (χ1v) is 11.7. The Bertz CT molecular complexity index is 1430. The van der Waals surface area contributed by atoms with Crippen LogP contribution in [0.5, 0.6) is 0 Å². The monoisotopic (exact) mass is 467 g/mol. The van der Waals surface area contributed by atoms with Crippen LogP contribution in [-0.4, -0.2) is 44.3 Å². The average molecular weight is 468 g/mol. The summed E-state index contributed by atoms with van der Waals surface area (Å²) in [5.74, 6) is 0.907. The third-order valence-electron chi connectivity index (χ3n) is 7.29. The number of nitrogens with one attached hydrogen (secondary N) is 1. The minimum absolute atomic E-state index is 0.00100. The van der Waals surface area contributed by atoms with Crippen LogP contribution >= 0.6 is 0 Å². The molecular weight excluding hydrogens is 442 g/mol. The van der Waals surface area contributed by atoms with Gasteiger partial charge in [-0.1, -0.05) is 30.8 Å². The molecule has 8 heteroatoms. The number of imidazole rings is 1. The number of aromatic nitrogens is 3. The predicted molar refractivity (Wildman–Crippen MR) is 132 cm³/mol. The van der Waals surface area contributed by atoms with Gasteiger partial charge in [-0.2, -0.15) is 0 Å². The van der Waals surface area contributed by atoms with E-state index in [-0.39, 0.29) is 23.3 Å². The lowest BCUT2D eigenvalue weighted by atomic mass is 9.65. The summed E-state index contributed by atoms with van der Waals surface area (Å²) in [4.78, 5) is 35.9. The zero-order valence-corrected chi connectivity index (χ0v) is 19.2. The van der Waals surface area contributed by atoms with Crippen molar-refractivity contribution in [3.05, 3.63) is 79.3 Å². The Morgan fingerprint density at radius 1 is 1.17 bits per heavy atom. The molecule has 1 saturated carbocycles. The van der Waals surface area contributed by atoms with Gasteiger partial charge in [0.25, 0.3) is 5.91 Å². The van der Waals surface area contributed by atoms with Gasteiger partial charge in [0.2, 0.25) is 11.9 Å². The molecule has 2 fully saturated rings. The summed E-state index contributed by atoms with van der Waals surface area (Å²) in [6.07, 6.45) is 7.26. The molecule has 2 aromatic carbocycles. The third kappa shape index (κ3) is 3.71. The molecule has 0 bridgehead atoms. The van der Waals surface area contributed by atoms with Gasteiger partial charge in [-0.3, -0.25) is 14.9 Å². The molecule has 0 unspecified atom stereocenters. The van der Waals surface area contributed by atoms with Gasteiger partial charge in [0.15, 0.2) is 12.2 Å². The molecule has 2 amide bonds. The van der Waals surface area contributed by atoms with Crippen molar-refractivity contribution in [3.8, 4) is 11.3 Å². The van der Waals surface area contributed by atoms with Gasteiger partial charge in [0.05, 0.1) is 17.2 Å². The maximum atomic E-state index is 13.2. The molecule has 0 atom stereocenters. The van der Waals surface area contributed by atoms with E-state index in [1.807, 2.05) is 41.3 Å². The van der Waals surface area contributed by atoms with E-state index in [0.717, 1.165) is 48.9 Å². The highest BCUT2D eigenvalue weighted by molar-refractivity contribution is 6.04. The normalized spacial score (nSPS) is 21.3. The van der Waals surface area contributed by atoms with Crippen molar-refractivity contribution >= 4 is 28.8 Å². The SMILES string of the molecule is C=CC(=O)N1CC[C@]2(C1)C[C@H](n1c(NC(=O)c3cccc(-c4cnco4)c3)nc3ccccc31)C2. The molecule has 0 radical (unpaired) electrons. The highest BCUT2D eigenvalue weighted by Crippen LogP contribution is 2.55. The predicted octanol–water partition coefficient (Wildman–Crippen LogP) is 4.68. The largest absolute Gasteiger partial charge is 0.444 e. The molecule has 4 aromatic rings. The molecule has 1 aliphatic carbocycles. The third-order valence-corrected chi connectivity index (χ3v) is 7.29. The van der Waals surface area contributed by atoms with Gasteiger partial charge in [-0.15, -0.1) is 0 Å². The second kappa shape index (κ2) is 8.23. The number of hydrogen-bond donors (Lipinski definition) is 1. The van der Waals surface area contributed by atoms with Crippen LogP contribution in [0.4, 0.5) is 5.95 Å². The minimum Gasteiger partial charge on any atom is -0.444 e. The number of oxazole rings is 1. The van der Waals surface area contributed by atoms with E-state index in [0.29, 0.717) is 17.3 Å². The summed E-state index contributed by atoms with van der Waals surface area (Å²) in [5, 5.41) is 3.04. The van der Waals surface area contributed by atoms with Crippen LogP contribution in [0.2, 0.25) is 0 Å². The smallest absolute Gasteiger partial charge is 0.257 e. The molecule has 6 rings (SSSR count). The van der Waals surface area contributed by atoms with E-state index in [2.05, 4.69) is 21.4 Å². The first-order chi connectivity index (χ1) is 17.0. The van der Waals surface area contributed by atoms with Crippen molar-refractivity contribution < 1.29 is 14.0 Å². The molecule has 3 heterocycles. The molecule has 2 aliphatic rings. The maximum Gasteiger partial charge on any atom is 0.257 e. The van der Waals surface area contributed by atoms with Crippen molar-refractivity contribution in [2.24, 2.45) is 5.41 Å². The van der Waals surface area contributed by atoms with Crippen LogP contribution < -0.4 is 5.32 Å². The van der Waals surface area contributed by atoms with E-state index in [9.17, 15) is 9.59 Å². The standard InChI is InChI=1S/C27H25N5O3/c1-2-24(33)31-11-10-27(16-31)13-20(14-27)32-22-9-4-3-8-21(22)29-26(32)30-25(34)19-7-5-6-18(12-19)23-15-28-17-35-23/h2-9,12,15,17,20H,1,10-11,13-14,16H2,(H,29,30,34)/t20-,27-. The van der Waals surface area contributed by atoms with Gasteiger partial charge >= 0.3 is 0 Å². The lowest BCUT2D eigenvalue weighted by Crippen LogP contribution is -2.42. The Kier molecular flexibility index (Phi) is 5.02. The van der Waals surface area contributed by atoms with Crippen molar-refractivity contribution in [3.63, 3.8) is 0 Å². The Balaban J connectivity index is 1.26. The molecule has 1 saturated heterocycles. The van der Waals surface area contributed by atoms with Crippen molar-refractivity contribution in [2.75, 3.05) is 18.4 Å². The number of amides is 2. The van der Waals surface area contributed by atoms with E-state index in [1.165, 1.54) is 12.5 Å². The number of benzene rings is 2. The van der Waals surface area contributed by atoms with Crippen LogP contribution in [0, 0.1) is 5.41 Å². The lowest BCUT2D eigenvalue weighted by Gasteiger charge is -2.46. The number of anilines is 1. The van der Waals surface area contributed by atoms with Crippen LogP contribution in [0.15, 0.2) is 78.2 Å². The molecule has 35 heavy (non-hydrogen) atoms. The van der Waals surface area contributed by atoms with Crippen LogP contribution in [0.1, 0.15) is 35.7 Å². The Hall–Kier alpha value is -4.20. The second-order valence-electron chi connectivity index (χ2n) is 9.47. The Labute approximate surface area is 202 Å². The van der Waals surface area contributed by atoms with Crippen molar-refractivity contribution in [1.29, 1.82) is 0 Å². The quantitative estimate of drug-likeness (QED) is 0.430. The van der Waals surface area contributed by atoms with Crippen molar-refractivity contribution in [1.82, 2.24) is 19.4 Å². The summed E-state index contributed by atoms with van der Waals surface area (Å²) in [7, 11) is 0. The summed E-state index contributed by atoms with van der Waals surface area (Å²) >= 11 is 0. The first-order valence-electron chi connectivity index (χ1n) is 11.7. The summed E-state index contributed by atoms with van der Waals surface area (Å²) in [6.45, 7) is 5.15. The van der Waals surface area contributed by atoms with Crippen LogP contribution in [-0.2, 0) is 4.79 Å². The van der Waals surface area contributed by atoms with Gasteiger partial charge in [-0.05, 0) is 55.0 Å². The number of carbonyl (C=O) groups excluding carboxylic acids is 2. The summed E-state index contributed by atoms with van der Waals surface area (Å²) in [5.41, 5.74) is 3.26. The number of nitrogens with zero attached hydrogens (tertiary/aromatic N) is 4. The van der Waals surface area contributed by atoms with Crippen LogP contribution in [0.25, 0.3) is 22.4 Å². The second-order valence-corrected chi connectivity index (χ2v) is 9.47. The number of para-hydroxylation sites is 2. The molecule has 1 aliphatic heterocycles. The fourth-order valence-corrected chi connectivity index (χ4v) is 5.56. The zero-order valence-electron chi connectivity index (χ0n) is 19.2.